The molecule has 0 aliphatic heterocycles. The summed E-state index contributed by atoms with van der Waals surface area (Å²) in [5, 5.41) is 0. The molecule has 8 N–H and O–H groups in total. The van der Waals surface area contributed by atoms with Gasteiger partial charge in [0.25, 0.3) is 0 Å². The van der Waals surface area contributed by atoms with E-state index in [1.807, 2.05) is 0 Å². The molecule has 29 heavy (non-hydrogen) atoms. The average Bonchev–Trinajstić information content (AvgIpc) is 2.66. The van der Waals surface area contributed by atoms with Gasteiger partial charge in [0, 0.05) is 22.7 Å². The summed E-state index contributed by atoms with van der Waals surface area (Å²) in [6, 6.07) is 9.37. The summed E-state index contributed by atoms with van der Waals surface area (Å²) in [6.07, 6.45) is 4.32. The zero-order chi connectivity index (χ0) is 21.8. The number of esters is 2. The second-order valence-electron chi connectivity index (χ2n) is 6.46. The summed E-state index contributed by atoms with van der Waals surface area (Å²) >= 11 is 0. The molecule has 8 nitrogen and oxygen atoms in total. The molecular weight excluding hydrogens is 372 g/mol. The fourth-order valence-corrected chi connectivity index (χ4v) is 2.48. The molecule has 0 spiro atoms. The summed E-state index contributed by atoms with van der Waals surface area (Å²) in [7, 11) is 1.31. The summed E-state index contributed by atoms with van der Waals surface area (Å²) in [4.78, 5) is 22.6. The third-order valence-corrected chi connectivity index (χ3v) is 3.84. The number of nitrogen functional groups attached to an aromatic ring is 4. The van der Waals surface area contributed by atoms with Crippen LogP contribution in [0, 0.1) is 0 Å². The van der Waals surface area contributed by atoms with Crippen LogP contribution in [0.25, 0.3) is 0 Å². The molecule has 0 unspecified atom stereocenters. The fourth-order valence-electron chi connectivity index (χ4n) is 2.48. The van der Waals surface area contributed by atoms with E-state index in [0.29, 0.717) is 40.5 Å². The van der Waals surface area contributed by atoms with Crippen LogP contribution in [-0.4, -0.2) is 25.7 Å². The number of anilines is 4. The van der Waals surface area contributed by atoms with E-state index in [9.17, 15) is 9.59 Å². The van der Waals surface area contributed by atoms with Gasteiger partial charge in [-0.25, -0.2) is 9.59 Å². The molecule has 0 heterocycles. The number of ether oxygens (including phenoxy) is 2. The molecule has 0 saturated heterocycles. The van der Waals surface area contributed by atoms with E-state index in [1.54, 1.807) is 24.3 Å². The number of carbonyl (C=O) groups is 2. The van der Waals surface area contributed by atoms with Crippen molar-refractivity contribution >= 4 is 34.7 Å². The van der Waals surface area contributed by atoms with Gasteiger partial charge in [-0.2, -0.15) is 0 Å². The maximum Gasteiger partial charge on any atom is 0.338 e. The molecule has 2 rings (SSSR count). The fraction of sp³-hybridized carbons (Fsp3) is 0.333. The van der Waals surface area contributed by atoms with Gasteiger partial charge in [0.05, 0.1) is 24.8 Å². The molecule has 0 aliphatic rings. The summed E-state index contributed by atoms with van der Waals surface area (Å²) < 4.78 is 9.63. The normalized spacial score (nSPS) is 9.86. The predicted octanol–water partition coefficient (Wildman–Crippen LogP) is 3.23. The van der Waals surface area contributed by atoms with Crippen molar-refractivity contribution in [1.82, 2.24) is 0 Å². The van der Waals surface area contributed by atoms with E-state index < -0.39 is 5.97 Å². The molecule has 0 amide bonds. The van der Waals surface area contributed by atoms with Gasteiger partial charge in [-0.05, 0) is 42.8 Å². The lowest BCUT2D eigenvalue weighted by Crippen LogP contribution is -2.07. The Labute approximate surface area is 171 Å². The largest absolute Gasteiger partial charge is 0.465 e. The van der Waals surface area contributed by atoms with Crippen molar-refractivity contribution in [3.05, 3.63) is 47.5 Å². The van der Waals surface area contributed by atoms with E-state index in [4.69, 9.17) is 27.7 Å². The van der Waals surface area contributed by atoms with Crippen LogP contribution < -0.4 is 22.9 Å². The first-order valence-corrected chi connectivity index (χ1v) is 9.34. The van der Waals surface area contributed by atoms with Gasteiger partial charge in [0.1, 0.15) is 0 Å². The second kappa shape index (κ2) is 12.1. The number of benzene rings is 2. The van der Waals surface area contributed by atoms with Crippen LogP contribution >= 0.6 is 0 Å². The smallest absolute Gasteiger partial charge is 0.338 e. The minimum Gasteiger partial charge on any atom is -0.465 e. The predicted molar refractivity (Wildman–Crippen MR) is 116 cm³/mol. The van der Waals surface area contributed by atoms with E-state index >= 15 is 0 Å². The van der Waals surface area contributed by atoms with Gasteiger partial charge in [0.2, 0.25) is 0 Å². The Morgan fingerprint density at radius 2 is 1.17 bits per heavy atom. The monoisotopic (exact) mass is 402 g/mol. The molecule has 0 aliphatic carbocycles. The van der Waals surface area contributed by atoms with Gasteiger partial charge < -0.3 is 32.4 Å². The Morgan fingerprint density at radius 3 is 1.59 bits per heavy atom. The van der Waals surface area contributed by atoms with Crippen molar-refractivity contribution in [3.63, 3.8) is 0 Å². The van der Waals surface area contributed by atoms with Crippen LogP contribution in [0.3, 0.4) is 0 Å². The zero-order valence-electron chi connectivity index (χ0n) is 16.9. The Bertz CT molecular complexity index is 784. The number of unbranched alkanes of at least 4 members (excludes halogenated alkanes) is 3. The van der Waals surface area contributed by atoms with Crippen molar-refractivity contribution < 1.29 is 19.1 Å². The third kappa shape index (κ3) is 8.87. The molecule has 0 bridgehead atoms. The van der Waals surface area contributed by atoms with E-state index in [2.05, 4.69) is 11.7 Å². The van der Waals surface area contributed by atoms with Crippen molar-refractivity contribution in [2.24, 2.45) is 0 Å². The summed E-state index contributed by atoms with van der Waals surface area (Å²) in [5.41, 5.74) is 24.8. The quantitative estimate of drug-likeness (QED) is 0.312. The molecule has 8 heteroatoms. The molecule has 2 aromatic rings. The Balaban J connectivity index is 0.000000308. The van der Waals surface area contributed by atoms with Crippen molar-refractivity contribution in [2.45, 2.75) is 32.6 Å². The van der Waals surface area contributed by atoms with Gasteiger partial charge in [-0.15, -0.1) is 0 Å². The Morgan fingerprint density at radius 1 is 0.724 bits per heavy atom. The molecule has 0 atom stereocenters. The maximum atomic E-state index is 11.6. The summed E-state index contributed by atoms with van der Waals surface area (Å²) in [6.45, 7) is 2.59. The highest BCUT2D eigenvalue weighted by Crippen LogP contribution is 2.15. The SMILES string of the molecule is CCCCCCOC(=O)c1cc(N)cc(N)c1.COC(=O)c1cc(N)cc(N)c1. The maximum absolute atomic E-state index is 11.6. The Hall–Kier alpha value is -3.42. The molecule has 0 saturated carbocycles. The first-order chi connectivity index (χ1) is 13.8. The Kier molecular flexibility index (Phi) is 9.87. The second-order valence-corrected chi connectivity index (χ2v) is 6.46. The summed E-state index contributed by atoms with van der Waals surface area (Å²) in [5.74, 6) is -0.797. The van der Waals surface area contributed by atoms with Gasteiger partial charge in [0.15, 0.2) is 0 Å². The van der Waals surface area contributed by atoms with Crippen LogP contribution in [0.5, 0.6) is 0 Å². The number of methoxy groups -OCH3 is 1. The molecule has 158 valence electrons. The highest BCUT2D eigenvalue weighted by atomic mass is 16.5. The minimum atomic E-state index is -0.436. The number of hydrogen-bond acceptors (Lipinski definition) is 8. The van der Waals surface area contributed by atoms with E-state index in [0.717, 1.165) is 12.8 Å². The van der Waals surface area contributed by atoms with Crippen LogP contribution in [0.4, 0.5) is 22.7 Å². The zero-order valence-corrected chi connectivity index (χ0v) is 16.9. The van der Waals surface area contributed by atoms with Crippen LogP contribution in [0.2, 0.25) is 0 Å². The molecule has 0 aromatic heterocycles. The molecule has 0 radical (unpaired) electrons. The number of rotatable bonds is 7. The highest BCUT2D eigenvalue weighted by molar-refractivity contribution is 5.92. The van der Waals surface area contributed by atoms with Gasteiger partial charge in [-0.1, -0.05) is 26.2 Å². The molecular formula is C21H30N4O4. The van der Waals surface area contributed by atoms with E-state index in [-0.39, 0.29) is 5.97 Å². The standard InChI is InChI=1S/C13H20N2O2.C8H10N2O2/c1-2-3-4-5-6-17-13(16)10-7-11(14)9-12(15)8-10;1-12-8(11)5-2-6(9)4-7(10)3-5/h7-9H,2-6,14-15H2,1H3;2-4H,9-10H2,1H3. The number of carbonyl (C=O) groups excluding carboxylic acids is 2. The van der Waals surface area contributed by atoms with E-state index in [1.165, 1.54) is 32.1 Å². The first-order valence-electron chi connectivity index (χ1n) is 9.34. The topological polar surface area (TPSA) is 157 Å². The van der Waals surface area contributed by atoms with Crippen LogP contribution in [0.15, 0.2) is 36.4 Å². The van der Waals surface area contributed by atoms with Gasteiger partial charge >= 0.3 is 11.9 Å². The van der Waals surface area contributed by atoms with Gasteiger partial charge in [-0.3, -0.25) is 0 Å². The lowest BCUT2D eigenvalue weighted by Gasteiger charge is -2.06. The van der Waals surface area contributed by atoms with Crippen molar-refractivity contribution in [1.29, 1.82) is 0 Å². The van der Waals surface area contributed by atoms with Crippen LogP contribution in [-0.2, 0) is 9.47 Å². The molecule has 0 fully saturated rings. The molecule has 2 aromatic carbocycles. The van der Waals surface area contributed by atoms with Crippen molar-refractivity contribution in [2.75, 3.05) is 36.7 Å². The number of nitrogens with two attached hydrogens (primary N) is 4. The highest BCUT2D eigenvalue weighted by Gasteiger charge is 2.08. The number of hydrogen-bond donors (Lipinski definition) is 4. The lowest BCUT2D eigenvalue weighted by molar-refractivity contribution is 0.0497. The van der Waals surface area contributed by atoms with Crippen LogP contribution in [0.1, 0.15) is 53.3 Å². The first kappa shape index (κ1) is 23.6. The lowest BCUT2D eigenvalue weighted by atomic mass is 10.2. The minimum absolute atomic E-state index is 0.361. The van der Waals surface area contributed by atoms with Crippen molar-refractivity contribution in [3.8, 4) is 0 Å². The average molecular weight is 402 g/mol. The third-order valence-electron chi connectivity index (χ3n) is 3.84.